The molecule has 0 spiro atoms. The van der Waals surface area contributed by atoms with Crippen LogP contribution in [-0.4, -0.2) is 23.5 Å². The Labute approximate surface area is 92.1 Å². The van der Waals surface area contributed by atoms with Crippen LogP contribution < -0.4 is 10.6 Å². The van der Waals surface area contributed by atoms with Gasteiger partial charge in [-0.15, -0.1) is 11.3 Å². The minimum atomic E-state index is -0.316. The lowest BCUT2D eigenvalue weighted by Gasteiger charge is -2.11. The summed E-state index contributed by atoms with van der Waals surface area (Å²) in [7, 11) is 0. The van der Waals surface area contributed by atoms with Gasteiger partial charge in [-0.2, -0.15) is 0 Å². The number of carbonyl (C=O) groups excluding carboxylic acids is 1. The molecule has 2 heterocycles. The molecule has 1 unspecified atom stereocenters. The predicted octanol–water partition coefficient (Wildman–Crippen LogP) is 0.696. The van der Waals surface area contributed by atoms with Gasteiger partial charge in [0.15, 0.2) is 5.13 Å². The molecule has 1 aliphatic carbocycles. The molecule has 4 nitrogen and oxygen atoms in total. The number of aryl methyl sites for hydroxylation is 2. The second-order valence-electron chi connectivity index (χ2n) is 4.10. The van der Waals surface area contributed by atoms with E-state index < -0.39 is 0 Å². The van der Waals surface area contributed by atoms with E-state index in [0.717, 1.165) is 30.9 Å². The number of fused-ring (bicyclic) bond motifs is 1. The number of amides is 1. The van der Waals surface area contributed by atoms with Crippen molar-refractivity contribution in [2.75, 3.05) is 11.4 Å². The van der Waals surface area contributed by atoms with Gasteiger partial charge in [-0.3, -0.25) is 9.69 Å². The third-order valence-electron chi connectivity index (χ3n) is 3.06. The van der Waals surface area contributed by atoms with Crippen LogP contribution in [0.5, 0.6) is 0 Å². The highest BCUT2D eigenvalue weighted by molar-refractivity contribution is 7.16. The standard InChI is InChI=1S/C10H13N3OS/c11-6-4-5-13(9(6)14)10-12-7-2-1-3-8(7)15-10/h6H,1-5,11H2. The van der Waals surface area contributed by atoms with E-state index in [1.165, 1.54) is 17.0 Å². The molecule has 2 aliphatic rings. The van der Waals surface area contributed by atoms with Crippen molar-refractivity contribution in [1.82, 2.24) is 4.98 Å². The average Bonchev–Trinajstić information content (AvgIpc) is 2.82. The summed E-state index contributed by atoms with van der Waals surface area (Å²) in [4.78, 5) is 19.3. The number of nitrogens with two attached hydrogens (primary N) is 1. The third-order valence-corrected chi connectivity index (χ3v) is 4.24. The number of carbonyl (C=O) groups is 1. The van der Waals surface area contributed by atoms with Crippen LogP contribution in [0, 0.1) is 0 Å². The van der Waals surface area contributed by atoms with E-state index in [4.69, 9.17) is 5.73 Å². The van der Waals surface area contributed by atoms with Crippen LogP contribution in [0.1, 0.15) is 23.4 Å². The first-order valence-electron chi connectivity index (χ1n) is 5.31. The number of hydrogen-bond donors (Lipinski definition) is 1. The van der Waals surface area contributed by atoms with Crippen molar-refractivity contribution in [3.63, 3.8) is 0 Å². The zero-order chi connectivity index (χ0) is 10.4. The Morgan fingerprint density at radius 2 is 2.33 bits per heavy atom. The number of hydrogen-bond acceptors (Lipinski definition) is 4. The van der Waals surface area contributed by atoms with E-state index >= 15 is 0 Å². The summed E-state index contributed by atoms with van der Waals surface area (Å²) in [6, 6.07) is -0.316. The predicted molar refractivity (Wildman–Crippen MR) is 59.1 cm³/mol. The van der Waals surface area contributed by atoms with E-state index in [-0.39, 0.29) is 11.9 Å². The average molecular weight is 223 g/mol. The largest absolute Gasteiger partial charge is 0.320 e. The lowest BCUT2D eigenvalue weighted by Crippen LogP contribution is -2.33. The lowest BCUT2D eigenvalue weighted by molar-refractivity contribution is -0.118. The summed E-state index contributed by atoms with van der Waals surface area (Å²) in [6.45, 7) is 0.729. The van der Waals surface area contributed by atoms with Gasteiger partial charge < -0.3 is 5.73 Å². The Morgan fingerprint density at radius 3 is 3.00 bits per heavy atom. The first kappa shape index (κ1) is 9.30. The highest BCUT2D eigenvalue weighted by Crippen LogP contribution is 2.34. The molecule has 80 valence electrons. The van der Waals surface area contributed by atoms with Crippen LogP contribution >= 0.6 is 11.3 Å². The Balaban J connectivity index is 1.90. The summed E-state index contributed by atoms with van der Waals surface area (Å²) >= 11 is 1.66. The highest BCUT2D eigenvalue weighted by Gasteiger charge is 2.32. The molecule has 1 aromatic heterocycles. The Hall–Kier alpha value is -0.940. The Bertz CT molecular complexity index is 393. The van der Waals surface area contributed by atoms with Gasteiger partial charge in [-0.25, -0.2) is 4.98 Å². The molecule has 0 aromatic carbocycles. The molecule has 1 aromatic rings. The van der Waals surface area contributed by atoms with Crippen LogP contribution in [0.15, 0.2) is 0 Å². The molecule has 1 fully saturated rings. The van der Waals surface area contributed by atoms with E-state index in [1.54, 1.807) is 16.2 Å². The van der Waals surface area contributed by atoms with Crippen molar-refractivity contribution in [2.45, 2.75) is 31.7 Å². The van der Waals surface area contributed by atoms with Gasteiger partial charge in [0.2, 0.25) is 5.91 Å². The lowest BCUT2D eigenvalue weighted by atomic mass is 10.3. The van der Waals surface area contributed by atoms with E-state index in [0.29, 0.717) is 0 Å². The first-order valence-corrected chi connectivity index (χ1v) is 6.13. The van der Waals surface area contributed by atoms with Crippen LogP contribution in [0.4, 0.5) is 5.13 Å². The molecule has 0 saturated carbocycles. The smallest absolute Gasteiger partial charge is 0.245 e. The minimum absolute atomic E-state index is 0.0300. The van der Waals surface area contributed by atoms with Gasteiger partial charge in [0.1, 0.15) is 0 Å². The zero-order valence-corrected chi connectivity index (χ0v) is 9.22. The summed E-state index contributed by atoms with van der Waals surface area (Å²) in [5, 5.41) is 0.859. The molecule has 5 heteroatoms. The summed E-state index contributed by atoms with van der Waals surface area (Å²) in [5.41, 5.74) is 6.88. The van der Waals surface area contributed by atoms with E-state index in [1.807, 2.05) is 0 Å². The Morgan fingerprint density at radius 1 is 1.47 bits per heavy atom. The fourth-order valence-corrected chi connectivity index (χ4v) is 3.36. The van der Waals surface area contributed by atoms with Crippen LogP contribution in [-0.2, 0) is 17.6 Å². The number of rotatable bonds is 1. The van der Waals surface area contributed by atoms with Crippen LogP contribution in [0.25, 0.3) is 0 Å². The maximum atomic E-state index is 11.7. The number of aromatic nitrogens is 1. The van der Waals surface area contributed by atoms with Crippen molar-refractivity contribution in [3.8, 4) is 0 Å². The van der Waals surface area contributed by atoms with E-state index in [9.17, 15) is 4.79 Å². The van der Waals surface area contributed by atoms with Gasteiger partial charge in [0.25, 0.3) is 0 Å². The Kier molecular flexibility index (Phi) is 2.03. The van der Waals surface area contributed by atoms with Crippen LogP contribution in [0.3, 0.4) is 0 Å². The van der Waals surface area contributed by atoms with Gasteiger partial charge in [0, 0.05) is 11.4 Å². The van der Waals surface area contributed by atoms with Gasteiger partial charge in [-0.1, -0.05) is 0 Å². The third kappa shape index (κ3) is 1.38. The molecule has 0 bridgehead atoms. The second kappa shape index (κ2) is 3.28. The second-order valence-corrected chi connectivity index (χ2v) is 5.17. The highest BCUT2D eigenvalue weighted by atomic mass is 32.1. The number of anilines is 1. The molecule has 1 aliphatic heterocycles. The van der Waals surface area contributed by atoms with Gasteiger partial charge >= 0.3 is 0 Å². The quantitative estimate of drug-likeness (QED) is 0.762. The maximum absolute atomic E-state index is 11.7. The van der Waals surface area contributed by atoms with Gasteiger partial charge in [0.05, 0.1) is 11.7 Å². The normalized spacial score (nSPS) is 25.0. The molecule has 2 N–H and O–H groups in total. The SMILES string of the molecule is NC1CCN(c2nc3c(s2)CCC3)C1=O. The maximum Gasteiger partial charge on any atom is 0.245 e. The summed E-state index contributed by atoms with van der Waals surface area (Å²) in [6.07, 6.45) is 4.16. The van der Waals surface area contributed by atoms with Crippen molar-refractivity contribution >= 4 is 22.4 Å². The van der Waals surface area contributed by atoms with Crippen molar-refractivity contribution in [1.29, 1.82) is 0 Å². The molecule has 1 amide bonds. The minimum Gasteiger partial charge on any atom is -0.320 e. The molecule has 15 heavy (non-hydrogen) atoms. The molecule has 1 saturated heterocycles. The summed E-state index contributed by atoms with van der Waals surface area (Å²) in [5.74, 6) is 0.0300. The van der Waals surface area contributed by atoms with Crippen molar-refractivity contribution in [3.05, 3.63) is 10.6 Å². The molecule has 0 radical (unpaired) electrons. The van der Waals surface area contributed by atoms with Crippen LogP contribution in [0.2, 0.25) is 0 Å². The topological polar surface area (TPSA) is 59.2 Å². The fraction of sp³-hybridized carbons (Fsp3) is 0.600. The van der Waals surface area contributed by atoms with Crippen molar-refractivity contribution < 1.29 is 4.79 Å². The fourth-order valence-electron chi connectivity index (χ4n) is 2.18. The zero-order valence-electron chi connectivity index (χ0n) is 8.40. The molecular formula is C10H13N3OS. The first-order chi connectivity index (χ1) is 7.25. The number of nitrogens with zero attached hydrogens (tertiary/aromatic N) is 2. The van der Waals surface area contributed by atoms with E-state index in [2.05, 4.69) is 4.98 Å². The summed E-state index contributed by atoms with van der Waals surface area (Å²) < 4.78 is 0. The monoisotopic (exact) mass is 223 g/mol. The van der Waals surface area contributed by atoms with Crippen molar-refractivity contribution in [2.24, 2.45) is 5.73 Å². The number of thiazole rings is 1. The van der Waals surface area contributed by atoms with Gasteiger partial charge in [-0.05, 0) is 25.7 Å². The molecule has 1 atom stereocenters. The molecular weight excluding hydrogens is 210 g/mol. The molecule has 3 rings (SSSR count).